The van der Waals surface area contributed by atoms with E-state index in [0.717, 1.165) is 0 Å². The Morgan fingerprint density at radius 1 is 1.43 bits per heavy atom. The number of nitrogens with two attached hydrogens (primary N) is 2. The second kappa shape index (κ2) is 6.90. The maximum absolute atomic E-state index is 14.5. The highest BCUT2D eigenvalue weighted by Gasteiger charge is 2.61. The van der Waals surface area contributed by atoms with Gasteiger partial charge < -0.3 is 36.3 Å². The Morgan fingerprint density at radius 3 is 2.48 bits per heavy atom. The Labute approximate surface area is 119 Å². The Bertz CT molecular complexity index is 373. The maximum Gasteiger partial charge on any atom is 0.375 e. The lowest BCUT2D eigenvalue weighted by molar-refractivity contribution is -0.276. The van der Waals surface area contributed by atoms with Crippen molar-refractivity contribution in [2.24, 2.45) is 11.5 Å². The smallest absolute Gasteiger partial charge is 0.375 e. The van der Waals surface area contributed by atoms with Crippen LogP contribution in [0.25, 0.3) is 0 Å². The van der Waals surface area contributed by atoms with Crippen LogP contribution in [0.3, 0.4) is 0 Å². The Kier molecular flexibility index (Phi) is 5.96. The van der Waals surface area contributed by atoms with Gasteiger partial charge in [0.25, 0.3) is 0 Å². The van der Waals surface area contributed by atoms with Gasteiger partial charge in [-0.05, 0) is 6.92 Å². The van der Waals surface area contributed by atoms with Crippen molar-refractivity contribution in [1.29, 1.82) is 0 Å². The number of alkyl halides is 2. The van der Waals surface area contributed by atoms with Crippen LogP contribution in [0.1, 0.15) is 6.92 Å². The summed E-state index contributed by atoms with van der Waals surface area (Å²) in [5, 5.41) is 27.9. The first-order chi connectivity index (χ1) is 9.70. The molecule has 0 radical (unpaired) electrons. The van der Waals surface area contributed by atoms with Gasteiger partial charge in [-0.15, -0.1) is 0 Å². The molecule has 0 amide bonds. The molecule has 0 saturated carbocycles. The normalized spacial score (nSPS) is 39.6. The minimum Gasteiger partial charge on any atom is -0.462 e. The number of hydrogen-bond donors (Lipinski definition) is 5. The molecule has 1 rings (SSSR count). The number of ether oxygens (including phenoxy) is 2. The summed E-state index contributed by atoms with van der Waals surface area (Å²) >= 11 is 0. The van der Waals surface area contributed by atoms with Crippen LogP contribution in [0.2, 0.25) is 0 Å². The van der Waals surface area contributed by atoms with Crippen molar-refractivity contribution in [3.63, 3.8) is 0 Å². The van der Waals surface area contributed by atoms with E-state index in [2.05, 4.69) is 9.47 Å². The standard InChI is InChI=1S/C11H20F2N2O6/c1-2-20-10(19)11(13)9(12)6(15)5(14)8(21-11)7(18)4(17)3-16/h4-9,16-18H,2-3,14-15H2,1H3. The van der Waals surface area contributed by atoms with Crippen LogP contribution >= 0.6 is 0 Å². The first kappa shape index (κ1) is 18.1. The molecule has 0 bridgehead atoms. The molecule has 0 aromatic heterocycles. The van der Waals surface area contributed by atoms with E-state index in [-0.39, 0.29) is 6.61 Å². The average Bonchev–Trinajstić information content (AvgIpc) is 2.47. The summed E-state index contributed by atoms with van der Waals surface area (Å²) in [4.78, 5) is 11.5. The van der Waals surface area contributed by atoms with Gasteiger partial charge in [0.15, 0.2) is 6.17 Å². The minimum absolute atomic E-state index is 0.228. The number of carbonyl (C=O) groups excluding carboxylic acids is 1. The molecule has 1 saturated heterocycles. The van der Waals surface area contributed by atoms with Crippen LogP contribution in [0.4, 0.5) is 8.78 Å². The van der Waals surface area contributed by atoms with Gasteiger partial charge in [-0.1, -0.05) is 0 Å². The van der Waals surface area contributed by atoms with Crippen LogP contribution in [0.5, 0.6) is 0 Å². The fraction of sp³-hybridized carbons (Fsp3) is 0.909. The van der Waals surface area contributed by atoms with Crippen molar-refractivity contribution in [3.05, 3.63) is 0 Å². The van der Waals surface area contributed by atoms with Crippen molar-refractivity contribution in [3.8, 4) is 0 Å². The highest BCUT2D eigenvalue weighted by Crippen LogP contribution is 2.35. The first-order valence-electron chi connectivity index (χ1n) is 6.36. The van der Waals surface area contributed by atoms with E-state index in [1.807, 2.05) is 0 Å². The molecule has 7 N–H and O–H groups in total. The van der Waals surface area contributed by atoms with Gasteiger partial charge in [-0.3, -0.25) is 0 Å². The van der Waals surface area contributed by atoms with Gasteiger partial charge in [0, 0.05) is 0 Å². The van der Waals surface area contributed by atoms with Crippen molar-refractivity contribution >= 4 is 5.97 Å². The predicted octanol–water partition coefficient (Wildman–Crippen LogP) is -2.68. The summed E-state index contributed by atoms with van der Waals surface area (Å²) in [6.07, 6.45) is -7.91. The van der Waals surface area contributed by atoms with Crippen molar-refractivity contribution < 1.29 is 38.4 Å². The number of halogens is 2. The van der Waals surface area contributed by atoms with Crippen LogP contribution in [-0.4, -0.2) is 76.9 Å². The van der Waals surface area contributed by atoms with Gasteiger partial charge in [0.2, 0.25) is 0 Å². The fourth-order valence-corrected chi connectivity index (χ4v) is 2.02. The SMILES string of the molecule is CCOC(=O)C1(F)OC(C(O)C(O)CO)C(N)C(N)C1F. The summed E-state index contributed by atoms with van der Waals surface area (Å²) in [5.74, 6) is -5.19. The summed E-state index contributed by atoms with van der Waals surface area (Å²) in [6.45, 7) is 0.278. The quantitative estimate of drug-likeness (QED) is 0.345. The molecule has 0 spiro atoms. The molecule has 1 heterocycles. The molecular weight excluding hydrogens is 294 g/mol. The lowest BCUT2D eigenvalue weighted by Gasteiger charge is -2.44. The zero-order valence-corrected chi connectivity index (χ0v) is 11.4. The number of aliphatic hydroxyl groups excluding tert-OH is 3. The molecule has 21 heavy (non-hydrogen) atoms. The van der Waals surface area contributed by atoms with E-state index in [9.17, 15) is 23.8 Å². The maximum atomic E-state index is 14.5. The third kappa shape index (κ3) is 3.30. The summed E-state index contributed by atoms with van der Waals surface area (Å²) in [6, 6.07) is -3.09. The molecule has 8 nitrogen and oxygen atoms in total. The summed E-state index contributed by atoms with van der Waals surface area (Å²) in [7, 11) is 0. The topological polar surface area (TPSA) is 148 Å². The predicted molar refractivity (Wildman–Crippen MR) is 65.3 cm³/mol. The zero-order chi connectivity index (χ0) is 16.4. The minimum atomic E-state index is -3.55. The van der Waals surface area contributed by atoms with Gasteiger partial charge >= 0.3 is 11.8 Å². The summed E-state index contributed by atoms with van der Waals surface area (Å²) in [5.41, 5.74) is 11.0. The zero-order valence-electron chi connectivity index (χ0n) is 11.4. The second-order valence-corrected chi connectivity index (χ2v) is 4.74. The van der Waals surface area contributed by atoms with E-state index in [1.54, 1.807) is 0 Å². The number of hydrogen-bond acceptors (Lipinski definition) is 8. The van der Waals surface area contributed by atoms with E-state index in [1.165, 1.54) is 6.92 Å². The molecule has 0 aromatic rings. The van der Waals surface area contributed by atoms with E-state index in [4.69, 9.17) is 16.6 Å². The second-order valence-electron chi connectivity index (χ2n) is 4.74. The van der Waals surface area contributed by atoms with Gasteiger partial charge in [-0.2, -0.15) is 4.39 Å². The molecule has 7 atom stereocenters. The average molecular weight is 314 g/mol. The number of rotatable bonds is 5. The molecule has 0 aliphatic carbocycles. The van der Waals surface area contributed by atoms with Gasteiger partial charge in [0.05, 0.1) is 25.3 Å². The fourth-order valence-electron chi connectivity index (χ4n) is 2.02. The van der Waals surface area contributed by atoms with E-state index < -0.39 is 55.0 Å². The summed E-state index contributed by atoms with van der Waals surface area (Å²) < 4.78 is 37.5. The highest BCUT2D eigenvalue weighted by atomic mass is 19.2. The van der Waals surface area contributed by atoms with Crippen molar-refractivity contribution in [2.75, 3.05) is 13.2 Å². The van der Waals surface area contributed by atoms with E-state index in [0.29, 0.717) is 0 Å². The third-order valence-corrected chi connectivity index (χ3v) is 3.30. The molecule has 1 aliphatic heterocycles. The lowest BCUT2D eigenvalue weighted by Crippen LogP contribution is -2.72. The van der Waals surface area contributed by atoms with Gasteiger partial charge in [0.1, 0.15) is 18.3 Å². The Morgan fingerprint density at radius 2 is 2.00 bits per heavy atom. The highest BCUT2D eigenvalue weighted by molar-refractivity contribution is 5.79. The molecule has 1 fully saturated rings. The Hall–Kier alpha value is -0.910. The van der Waals surface area contributed by atoms with E-state index >= 15 is 0 Å². The number of aliphatic hydroxyl groups is 3. The van der Waals surface area contributed by atoms with Crippen molar-refractivity contribution in [2.45, 2.75) is 49.3 Å². The monoisotopic (exact) mass is 314 g/mol. The Balaban J connectivity index is 3.05. The van der Waals surface area contributed by atoms with Gasteiger partial charge in [-0.25, -0.2) is 9.18 Å². The van der Waals surface area contributed by atoms with Crippen LogP contribution in [-0.2, 0) is 14.3 Å². The first-order valence-corrected chi connectivity index (χ1v) is 6.36. The molecule has 7 unspecified atom stereocenters. The van der Waals surface area contributed by atoms with Crippen molar-refractivity contribution in [1.82, 2.24) is 0 Å². The molecule has 0 aromatic carbocycles. The molecule has 124 valence electrons. The largest absolute Gasteiger partial charge is 0.462 e. The number of carbonyl (C=O) groups is 1. The van der Waals surface area contributed by atoms with Crippen LogP contribution in [0, 0.1) is 0 Å². The molecule has 10 heteroatoms. The van der Waals surface area contributed by atoms with Crippen LogP contribution in [0.15, 0.2) is 0 Å². The third-order valence-electron chi connectivity index (χ3n) is 3.30. The lowest BCUT2D eigenvalue weighted by atomic mass is 9.87. The number of esters is 1. The molecule has 1 aliphatic rings. The van der Waals surface area contributed by atoms with Crippen LogP contribution < -0.4 is 11.5 Å². The molecular formula is C11H20F2N2O6.